The topological polar surface area (TPSA) is 113 Å². The van der Waals surface area contributed by atoms with E-state index in [1.54, 1.807) is 38.1 Å². The van der Waals surface area contributed by atoms with Crippen molar-refractivity contribution in [3.8, 4) is 0 Å². The van der Waals surface area contributed by atoms with E-state index in [1.165, 1.54) is 0 Å². The smallest absolute Gasteiger partial charge is 0.318 e. The Hall–Kier alpha value is -2.57. The molecule has 23 heavy (non-hydrogen) atoms. The molecule has 0 unspecified atom stereocenters. The maximum absolute atomic E-state index is 12.4. The van der Waals surface area contributed by atoms with Crippen LogP contribution in [-0.2, 0) is 22.6 Å². The molecule has 1 aliphatic rings. The number of benzene rings is 1. The zero-order valence-corrected chi connectivity index (χ0v) is 12.9. The van der Waals surface area contributed by atoms with Gasteiger partial charge in [-0.25, -0.2) is 4.79 Å². The van der Waals surface area contributed by atoms with Crippen LogP contribution in [0.4, 0.5) is 4.79 Å². The minimum absolute atomic E-state index is 0.0819. The number of rotatable bonds is 4. The van der Waals surface area contributed by atoms with Gasteiger partial charge in [-0.15, -0.1) is 0 Å². The average molecular weight is 318 g/mol. The molecule has 0 saturated carbocycles. The molecule has 2 rings (SSSR count). The van der Waals surface area contributed by atoms with Gasteiger partial charge in [-0.05, 0) is 23.5 Å². The summed E-state index contributed by atoms with van der Waals surface area (Å²) < 4.78 is 0. The standard InChI is InChI=1S/C16H20N2O5/c1-9(2)13(15(21)22)17-16(23)18-8-11-6-4-3-5-10(11)7-12(18)14(19)20/h3-6,9,12-13H,7-8H2,1-2H3,(H,17,23)(H,19,20)(H,21,22)/p-2/t12-,13+/m1/s1. The van der Waals surface area contributed by atoms with Gasteiger partial charge in [0.15, 0.2) is 0 Å². The van der Waals surface area contributed by atoms with E-state index in [4.69, 9.17) is 0 Å². The summed E-state index contributed by atoms with van der Waals surface area (Å²) in [6, 6.07) is 4.12. The van der Waals surface area contributed by atoms with E-state index in [0.717, 1.165) is 16.0 Å². The van der Waals surface area contributed by atoms with Gasteiger partial charge in [0, 0.05) is 6.54 Å². The first-order valence-corrected chi connectivity index (χ1v) is 7.37. The highest BCUT2D eigenvalue weighted by Gasteiger charge is 2.32. The highest BCUT2D eigenvalue weighted by Crippen LogP contribution is 2.23. The highest BCUT2D eigenvalue weighted by molar-refractivity contribution is 5.86. The maximum Gasteiger partial charge on any atom is 0.318 e. The van der Waals surface area contributed by atoms with Crippen LogP contribution in [0.3, 0.4) is 0 Å². The van der Waals surface area contributed by atoms with Gasteiger partial charge in [0.05, 0.1) is 24.0 Å². The van der Waals surface area contributed by atoms with Gasteiger partial charge >= 0.3 is 6.03 Å². The molecule has 1 heterocycles. The Balaban J connectivity index is 2.23. The minimum Gasteiger partial charge on any atom is -0.548 e. The molecular formula is C16H18N2O5-2. The van der Waals surface area contributed by atoms with Crippen LogP contribution < -0.4 is 15.5 Å². The summed E-state index contributed by atoms with van der Waals surface area (Å²) in [5, 5.41) is 24.8. The number of nitrogens with one attached hydrogen (secondary N) is 1. The number of nitrogens with zero attached hydrogens (tertiary/aromatic N) is 1. The first-order chi connectivity index (χ1) is 10.8. The highest BCUT2D eigenvalue weighted by atomic mass is 16.4. The lowest BCUT2D eigenvalue weighted by Gasteiger charge is -2.38. The summed E-state index contributed by atoms with van der Waals surface area (Å²) >= 11 is 0. The van der Waals surface area contributed by atoms with E-state index in [-0.39, 0.29) is 18.9 Å². The van der Waals surface area contributed by atoms with Crippen molar-refractivity contribution >= 4 is 18.0 Å². The summed E-state index contributed by atoms with van der Waals surface area (Å²) in [6.45, 7) is 3.34. The first kappa shape index (κ1) is 16.8. The molecule has 7 nitrogen and oxygen atoms in total. The second-order valence-corrected chi connectivity index (χ2v) is 5.93. The number of carbonyl (C=O) groups is 3. The second-order valence-electron chi connectivity index (χ2n) is 5.93. The van der Waals surface area contributed by atoms with Gasteiger partial charge in [-0.2, -0.15) is 0 Å². The summed E-state index contributed by atoms with van der Waals surface area (Å²) in [6.07, 6.45) is 0.129. The van der Waals surface area contributed by atoms with Crippen LogP contribution in [0.25, 0.3) is 0 Å². The van der Waals surface area contributed by atoms with Crippen molar-refractivity contribution in [1.82, 2.24) is 10.2 Å². The Kier molecular flexibility index (Phi) is 4.88. The van der Waals surface area contributed by atoms with Crippen LogP contribution in [0.15, 0.2) is 24.3 Å². The lowest BCUT2D eigenvalue weighted by atomic mass is 9.94. The van der Waals surface area contributed by atoms with Crippen molar-refractivity contribution in [2.45, 2.75) is 38.9 Å². The molecule has 1 aromatic rings. The number of carboxylic acids is 2. The quantitative estimate of drug-likeness (QED) is 0.737. The van der Waals surface area contributed by atoms with Crippen LogP contribution in [-0.4, -0.2) is 35.0 Å². The monoisotopic (exact) mass is 318 g/mol. The molecule has 0 aliphatic carbocycles. The van der Waals surface area contributed by atoms with Crippen molar-refractivity contribution < 1.29 is 24.6 Å². The predicted molar refractivity (Wildman–Crippen MR) is 76.6 cm³/mol. The molecule has 1 aromatic carbocycles. The molecule has 0 fully saturated rings. The Morgan fingerprint density at radius 3 is 2.30 bits per heavy atom. The van der Waals surface area contributed by atoms with Crippen molar-refractivity contribution in [3.05, 3.63) is 35.4 Å². The van der Waals surface area contributed by atoms with Gasteiger partial charge in [-0.3, -0.25) is 0 Å². The lowest BCUT2D eigenvalue weighted by molar-refractivity contribution is -0.311. The van der Waals surface area contributed by atoms with E-state index >= 15 is 0 Å². The van der Waals surface area contributed by atoms with Gasteiger partial charge in [0.2, 0.25) is 0 Å². The number of carboxylic acid groups (broad SMARTS) is 2. The lowest BCUT2D eigenvalue weighted by Crippen LogP contribution is -2.60. The van der Waals surface area contributed by atoms with E-state index in [1.807, 2.05) is 0 Å². The zero-order valence-electron chi connectivity index (χ0n) is 12.9. The van der Waals surface area contributed by atoms with Crippen LogP contribution in [0, 0.1) is 5.92 Å². The number of urea groups is 1. The summed E-state index contributed by atoms with van der Waals surface area (Å²) in [4.78, 5) is 35.9. The largest absolute Gasteiger partial charge is 0.548 e. The molecule has 0 saturated heterocycles. The minimum atomic E-state index is -1.41. The van der Waals surface area contributed by atoms with Gasteiger partial charge in [0.1, 0.15) is 0 Å². The third-order valence-corrected chi connectivity index (χ3v) is 3.98. The Bertz CT molecular complexity index is 629. The van der Waals surface area contributed by atoms with E-state index in [0.29, 0.717) is 0 Å². The number of amides is 2. The van der Waals surface area contributed by atoms with Gasteiger partial charge < -0.3 is 30.0 Å². The van der Waals surface area contributed by atoms with Crippen LogP contribution in [0.1, 0.15) is 25.0 Å². The fourth-order valence-corrected chi connectivity index (χ4v) is 2.66. The molecule has 0 bridgehead atoms. The molecule has 124 valence electrons. The SMILES string of the molecule is CC(C)[C@H](NC(=O)N1Cc2ccccc2C[C@@H]1C(=O)[O-])C(=O)[O-]. The van der Waals surface area contributed by atoms with Crippen LogP contribution in [0.5, 0.6) is 0 Å². The molecular weight excluding hydrogens is 300 g/mol. The Morgan fingerprint density at radius 1 is 1.17 bits per heavy atom. The summed E-state index contributed by atoms with van der Waals surface area (Å²) in [5.41, 5.74) is 1.67. The van der Waals surface area contributed by atoms with Crippen molar-refractivity contribution in [2.75, 3.05) is 0 Å². The van der Waals surface area contributed by atoms with Gasteiger partial charge in [0.25, 0.3) is 0 Å². The molecule has 0 aromatic heterocycles. The summed E-state index contributed by atoms with van der Waals surface area (Å²) in [7, 11) is 0. The number of fused-ring (bicyclic) bond motifs is 1. The molecule has 2 amide bonds. The Labute approximate surface area is 133 Å². The first-order valence-electron chi connectivity index (χ1n) is 7.37. The molecule has 0 radical (unpaired) electrons. The van der Waals surface area contributed by atoms with Crippen molar-refractivity contribution in [1.29, 1.82) is 0 Å². The predicted octanol–water partition coefficient (Wildman–Crippen LogP) is -1.35. The normalized spacial score (nSPS) is 18.2. The average Bonchev–Trinajstić information content (AvgIpc) is 2.50. The molecule has 1 aliphatic heterocycles. The molecule has 0 spiro atoms. The van der Waals surface area contributed by atoms with Crippen LogP contribution in [0.2, 0.25) is 0 Å². The third kappa shape index (κ3) is 3.61. The Morgan fingerprint density at radius 2 is 1.78 bits per heavy atom. The second kappa shape index (κ2) is 6.68. The molecule has 7 heteroatoms. The number of hydrogen-bond donors (Lipinski definition) is 1. The number of carbonyl (C=O) groups excluding carboxylic acids is 3. The fraction of sp³-hybridized carbons (Fsp3) is 0.438. The third-order valence-electron chi connectivity index (χ3n) is 3.98. The van der Waals surface area contributed by atoms with E-state index in [2.05, 4.69) is 5.32 Å². The summed E-state index contributed by atoms with van der Waals surface area (Å²) in [5.74, 6) is -3.16. The maximum atomic E-state index is 12.4. The number of aliphatic carboxylic acids is 2. The van der Waals surface area contributed by atoms with E-state index in [9.17, 15) is 24.6 Å². The zero-order chi connectivity index (χ0) is 17.1. The van der Waals surface area contributed by atoms with E-state index < -0.39 is 30.1 Å². The fourth-order valence-electron chi connectivity index (χ4n) is 2.66. The van der Waals surface area contributed by atoms with Crippen molar-refractivity contribution in [2.24, 2.45) is 5.92 Å². The number of hydrogen-bond acceptors (Lipinski definition) is 5. The molecule has 1 N–H and O–H groups in total. The van der Waals surface area contributed by atoms with Gasteiger partial charge in [-0.1, -0.05) is 38.1 Å². The van der Waals surface area contributed by atoms with Crippen LogP contribution >= 0.6 is 0 Å². The molecule has 2 atom stereocenters. The van der Waals surface area contributed by atoms with Crippen molar-refractivity contribution in [3.63, 3.8) is 0 Å².